The SMILES string of the molecule is C[N+](C)(C)CCCCCC[N+]1(C)CCCCC1. The van der Waals surface area contributed by atoms with Gasteiger partial charge in [-0.2, -0.15) is 0 Å². The summed E-state index contributed by atoms with van der Waals surface area (Å²) >= 11 is 0. The normalized spacial score (nSPS) is 20.5. The predicted octanol–water partition coefficient (Wildman–Crippen LogP) is 2.88. The Morgan fingerprint density at radius 1 is 0.824 bits per heavy atom. The highest BCUT2D eigenvalue weighted by atomic mass is 15.3. The first-order chi connectivity index (χ1) is 7.91. The van der Waals surface area contributed by atoms with Crippen molar-refractivity contribution in [1.29, 1.82) is 0 Å². The quantitative estimate of drug-likeness (QED) is 0.476. The van der Waals surface area contributed by atoms with E-state index in [-0.39, 0.29) is 0 Å². The van der Waals surface area contributed by atoms with E-state index < -0.39 is 0 Å². The Morgan fingerprint density at radius 2 is 1.41 bits per heavy atom. The fraction of sp³-hybridized carbons (Fsp3) is 1.00. The fourth-order valence-electron chi connectivity index (χ4n) is 2.93. The molecule has 0 atom stereocenters. The first-order valence-corrected chi connectivity index (χ1v) is 7.55. The van der Waals surface area contributed by atoms with Gasteiger partial charge in [0.1, 0.15) is 0 Å². The minimum absolute atomic E-state index is 1.12. The van der Waals surface area contributed by atoms with E-state index in [1.807, 2.05) is 0 Å². The molecule has 0 aliphatic carbocycles. The molecule has 0 amide bonds. The number of unbranched alkanes of at least 4 members (excludes halogenated alkanes) is 3. The lowest BCUT2D eigenvalue weighted by atomic mass is 10.1. The molecule has 1 saturated heterocycles. The van der Waals surface area contributed by atoms with Crippen LogP contribution in [0.1, 0.15) is 44.9 Å². The second-order valence-corrected chi connectivity index (χ2v) is 7.28. The van der Waals surface area contributed by atoms with Gasteiger partial charge in [-0.1, -0.05) is 0 Å². The Hall–Kier alpha value is -0.0800. The van der Waals surface area contributed by atoms with Crippen LogP contribution in [0.4, 0.5) is 0 Å². The van der Waals surface area contributed by atoms with Gasteiger partial charge in [-0.3, -0.25) is 0 Å². The van der Waals surface area contributed by atoms with Crippen molar-refractivity contribution >= 4 is 0 Å². The van der Waals surface area contributed by atoms with Crippen molar-refractivity contribution in [2.45, 2.75) is 44.9 Å². The third kappa shape index (κ3) is 7.05. The van der Waals surface area contributed by atoms with Crippen LogP contribution in [0.25, 0.3) is 0 Å². The van der Waals surface area contributed by atoms with Crippen molar-refractivity contribution in [3.8, 4) is 0 Å². The minimum atomic E-state index is 1.12. The van der Waals surface area contributed by atoms with Crippen LogP contribution in [0.2, 0.25) is 0 Å². The maximum Gasteiger partial charge on any atom is 0.0784 e. The van der Waals surface area contributed by atoms with Crippen LogP contribution in [-0.2, 0) is 0 Å². The van der Waals surface area contributed by atoms with Crippen molar-refractivity contribution in [3.63, 3.8) is 0 Å². The van der Waals surface area contributed by atoms with E-state index >= 15 is 0 Å². The zero-order chi connectivity index (χ0) is 12.8. The second-order valence-electron chi connectivity index (χ2n) is 7.28. The molecule has 1 fully saturated rings. The van der Waals surface area contributed by atoms with Gasteiger partial charge in [0, 0.05) is 0 Å². The zero-order valence-corrected chi connectivity index (χ0v) is 12.7. The Balaban J connectivity index is 2.00. The second kappa shape index (κ2) is 6.75. The van der Waals surface area contributed by atoms with Crippen LogP contribution >= 0.6 is 0 Å². The average molecular weight is 242 g/mol. The number of hydrogen-bond acceptors (Lipinski definition) is 0. The minimum Gasteiger partial charge on any atom is -0.331 e. The smallest absolute Gasteiger partial charge is 0.0784 e. The standard InChI is InChI=1S/C15H34N2/c1-16(2,3)12-8-5-6-9-13-17(4)14-10-7-11-15-17/h5-15H2,1-4H3/q+2. The van der Waals surface area contributed by atoms with Crippen molar-refractivity contribution in [3.05, 3.63) is 0 Å². The third-order valence-electron chi connectivity index (χ3n) is 4.17. The molecule has 0 aromatic carbocycles. The van der Waals surface area contributed by atoms with Gasteiger partial charge in [-0.25, -0.2) is 0 Å². The first-order valence-electron chi connectivity index (χ1n) is 7.55. The number of nitrogens with zero attached hydrogens (tertiary/aromatic N) is 2. The van der Waals surface area contributed by atoms with Crippen LogP contribution in [0.15, 0.2) is 0 Å². The third-order valence-corrected chi connectivity index (χ3v) is 4.17. The van der Waals surface area contributed by atoms with Crippen LogP contribution in [0, 0.1) is 0 Å². The van der Waals surface area contributed by atoms with E-state index in [1.165, 1.54) is 75.6 Å². The largest absolute Gasteiger partial charge is 0.331 e. The van der Waals surface area contributed by atoms with Gasteiger partial charge in [-0.05, 0) is 44.9 Å². The average Bonchev–Trinajstić information content (AvgIpc) is 2.23. The zero-order valence-electron chi connectivity index (χ0n) is 12.7. The Morgan fingerprint density at radius 3 is 2.00 bits per heavy atom. The van der Waals surface area contributed by atoms with Gasteiger partial charge in [0.25, 0.3) is 0 Å². The molecule has 0 bridgehead atoms. The molecule has 2 nitrogen and oxygen atoms in total. The highest BCUT2D eigenvalue weighted by molar-refractivity contribution is 4.52. The summed E-state index contributed by atoms with van der Waals surface area (Å²) < 4.78 is 2.48. The van der Waals surface area contributed by atoms with Gasteiger partial charge in [0.15, 0.2) is 0 Å². The van der Waals surface area contributed by atoms with Gasteiger partial charge in [0.2, 0.25) is 0 Å². The van der Waals surface area contributed by atoms with Crippen molar-refractivity contribution < 1.29 is 8.97 Å². The van der Waals surface area contributed by atoms with Crippen LogP contribution in [-0.4, -0.2) is 63.3 Å². The summed E-state index contributed by atoms with van der Waals surface area (Å²) in [6, 6.07) is 0. The molecule has 0 saturated carbocycles. The summed E-state index contributed by atoms with van der Waals surface area (Å²) in [4.78, 5) is 0. The molecular formula is C15H34N2+2. The summed E-state index contributed by atoms with van der Waals surface area (Å²) in [6.07, 6.45) is 10.1. The van der Waals surface area contributed by atoms with Crippen LogP contribution in [0.3, 0.4) is 0 Å². The van der Waals surface area contributed by atoms with E-state index in [1.54, 1.807) is 0 Å². The van der Waals surface area contributed by atoms with E-state index in [0.717, 1.165) is 4.48 Å². The molecule has 0 N–H and O–H groups in total. The lowest BCUT2D eigenvalue weighted by Gasteiger charge is -2.37. The molecule has 0 radical (unpaired) electrons. The molecule has 1 heterocycles. The summed E-state index contributed by atoms with van der Waals surface area (Å²) in [6.45, 7) is 5.61. The molecule has 1 rings (SSSR count). The van der Waals surface area contributed by atoms with E-state index in [2.05, 4.69) is 28.2 Å². The molecule has 0 spiro atoms. The fourth-order valence-corrected chi connectivity index (χ4v) is 2.93. The molecule has 0 aromatic rings. The maximum absolute atomic E-state index is 2.46. The highest BCUT2D eigenvalue weighted by Gasteiger charge is 2.23. The summed E-state index contributed by atoms with van der Waals surface area (Å²) in [5.74, 6) is 0. The monoisotopic (exact) mass is 242 g/mol. The van der Waals surface area contributed by atoms with Crippen molar-refractivity contribution in [2.75, 3.05) is 54.4 Å². The van der Waals surface area contributed by atoms with Crippen LogP contribution < -0.4 is 0 Å². The molecule has 1 aliphatic heterocycles. The van der Waals surface area contributed by atoms with E-state index in [0.29, 0.717) is 0 Å². The van der Waals surface area contributed by atoms with Gasteiger partial charge in [0.05, 0.1) is 54.4 Å². The Kier molecular flexibility index (Phi) is 5.94. The highest BCUT2D eigenvalue weighted by Crippen LogP contribution is 2.17. The van der Waals surface area contributed by atoms with Gasteiger partial charge in [-0.15, -0.1) is 0 Å². The van der Waals surface area contributed by atoms with Gasteiger partial charge >= 0.3 is 0 Å². The molecule has 0 unspecified atom stereocenters. The summed E-state index contributed by atoms with van der Waals surface area (Å²) in [5, 5.41) is 0. The number of likely N-dealkylation sites (tertiary alicyclic amines) is 1. The molecule has 102 valence electrons. The Bertz CT molecular complexity index is 199. The van der Waals surface area contributed by atoms with Crippen molar-refractivity contribution in [1.82, 2.24) is 0 Å². The van der Waals surface area contributed by atoms with Gasteiger partial charge < -0.3 is 8.97 Å². The van der Waals surface area contributed by atoms with E-state index in [4.69, 9.17) is 0 Å². The molecule has 0 aromatic heterocycles. The maximum atomic E-state index is 2.46. The number of piperidine rings is 1. The first kappa shape index (κ1) is 15.0. The molecule has 17 heavy (non-hydrogen) atoms. The molecular weight excluding hydrogens is 208 g/mol. The summed E-state index contributed by atoms with van der Waals surface area (Å²) in [5.41, 5.74) is 0. The lowest BCUT2D eigenvalue weighted by molar-refractivity contribution is -0.914. The topological polar surface area (TPSA) is 0 Å². The number of quaternary nitrogens is 2. The lowest BCUT2D eigenvalue weighted by Crippen LogP contribution is -2.48. The van der Waals surface area contributed by atoms with E-state index in [9.17, 15) is 0 Å². The molecule has 1 aliphatic rings. The number of rotatable bonds is 7. The number of hydrogen-bond donors (Lipinski definition) is 0. The van der Waals surface area contributed by atoms with Crippen molar-refractivity contribution in [2.24, 2.45) is 0 Å². The summed E-state index contributed by atoms with van der Waals surface area (Å²) in [7, 11) is 9.34. The predicted molar refractivity (Wildman–Crippen MR) is 76.0 cm³/mol. The van der Waals surface area contributed by atoms with Crippen LogP contribution in [0.5, 0.6) is 0 Å². The Labute approximate surface area is 109 Å². The molecule has 2 heteroatoms.